The molecule has 1 aliphatic rings. The molecule has 0 aromatic rings. The molecule has 14 heavy (non-hydrogen) atoms. The topological polar surface area (TPSA) is 18.5 Å². The van der Waals surface area contributed by atoms with Crippen molar-refractivity contribution < 1.29 is 9.47 Å². The molecule has 0 unspecified atom stereocenters. The van der Waals surface area contributed by atoms with Gasteiger partial charge < -0.3 is 9.47 Å². The van der Waals surface area contributed by atoms with Gasteiger partial charge in [-0.1, -0.05) is 39.5 Å². The first-order valence-electron chi connectivity index (χ1n) is 6.10. The maximum Gasteiger partial charge on any atom is 0.147 e. The number of hydrogen-bond donors (Lipinski definition) is 0. The molecular weight excluding hydrogens is 176 g/mol. The van der Waals surface area contributed by atoms with Crippen molar-refractivity contribution in [3.05, 3.63) is 0 Å². The summed E-state index contributed by atoms with van der Waals surface area (Å²) in [5.74, 6) is 0. The Morgan fingerprint density at radius 2 is 1.79 bits per heavy atom. The van der Waals surface area contributed by atoms with Crippen LogP contribution in [0.1, 0.15) is 58.8 Å². The zero-order valence-corrected chi connectivity index (χ0v) is 9.63. The van der Waals surface area contributed by atoms with Gasteiger partial charge in [0.05, 0.1) is 12.2 Å². The van der Waals surface area contributed by atoms with Gasteiger partial charge in [-0.15, -0.1) is 0 Å². The third-order valence-electron chi connectivity index (χ3n) is 2.97. The van der Waals surface area contributed by atoms with Crippen LogP contribution in [0, 0.1) is 0 Å². The van der Waals surface area contributed by atoms with Gasteiger partial charge in [0.1, 0.15) is 6.79 Å². The molecule has 1 aliphatic heterocycles. The lowest BCUT2D eigenvalue weighted by Crippen LogP contribution is -2.30. The molecular formula is C12H24O2. The van der Waals surface area contributed by atoms with E-state index in [1.54, 1.807) is 0 Å². The third kappa shape index (κ3) is 4.43. The van der Waals surface area contributed by atoms with Crippen LogP contribution >= 0.6 is 0 Å². The molecule has 0 radical (unpaired) electrons. The van der Waals surface area contributed by atoms with E-state index in [0.29, 0.717) is 19.0 Å². The normalized spacial score (nSPS) is 27.9. The molecule has 2 nitrogen and oxygen atoms in total. The van der Waals surface area contributed by atoms with Crippen molar-refractivity contribution in [1.82, 2.24) is 0 Å². The van der Waals surface area contributed by atoms with Crippen LogP contribution in [0.3, 0.4) is 0 Å². The van der Waals surface area contributed by atoms with Gasteiger partial charge in [0, 0.05) is 0 Å². The molecule has 0 N–H and O–H groups in total. The largest absolute Gasteiger partial charge is 0.352 e. The quantitative estimate of drug-likeness (QED) is 0.611. The first kappa shape index (κ1) is 12.0. The molecule has 1 heterocycles. The summed E-state index contributed by atoms with van der Waals surface area (Å²) in [5.41, 5.74) is 0. The number of hydrogen-bond acceptors (Lipinski definition) is 2. The van der Waals surface area contributed by atoms with Gasteiger partial charge in [0.2, 0.25) is 0 Å². The van der Waals surface area contributed by atoms with E-state index in [1.807, 2.05) is 0 Å². The van der Waals surface area contributed by atoms with Crippen LogP contribution in [0.15, 0.2) is 0 Å². The Balaban J connectivity index is 2.05. The van der Waals surface area contributed by atoms with Gasteiger partial charge in [0.15, 0.2) is 0 Å². The molecule has 84 valence electrons. The van der Waals surface area contributed by atoms with Crippen LogP contribution in [0.25, 0.3) is 0 Å². The average molecular weight is 200 g/mol. The highest BCUT2D eigenvalue weighted by Gasteiger charge is 2.20. The smallest absolute Gasteiger partial charge is 0.147 e. The van der Waals surface area contributed by atoms with Crippen LogP contribution in [0.5, 0.6) is 0 Å². The predicted octanol–water partition coefficient (Wildman–Crippen LogP) is 3.50. The van der Waals surface area contributed by atoms with Crippen LogP contribution in [0.2, 0.25) is 0 Å². The summed E-state index contributed by atoms with van der Waals surface area (Å²) in [7, 11) is 0. The maximum absolute atomic E-state index is 5.57. The molecule has 1 saturated heterocycles. The summed E-state index contributed by atoms with van der Waals surface area (Å²) >= 11 is 0. The van der Waals surface area contributed by atoms with Crippen LogP contribution in [-0.2, 0) is 9.47 Å². The highest BCUT2D eigenvalue weighted by molar-refractivity contribution is 4.68. The summed E-state index contributed by atoms with van der Waals surface area (Å²) < 4.78 is 11.0. The van der Waals surface area contributed by atoms with Gasteiger partial charge in [0.25, 0.3) is 0 Å². The minimum atomic E-state index is 0.444. The molecule has 0 saturated carbocycles. The van der Waals surface area contributed by atoms with Crippen molar-refractivity contribution in [2.24, 2.45) is 0 Å². The van der Waals surface area contributed by atoms with Crippen LogP contribution in [-0.4, -0.2) is 19.0 Å². The van der Waals surface area contributed by atoms with Crippen molar-refractivity contribution in [1.29, 1.82) is 0 Å². The zero-order chi connectivity index (χ0) is 10.2. The van der Waals surface area contributed by atoms with Gasteiger partial charge >= 0.3 is 0 Å². The minimum Gasteiger partial charge on any atom is -0.352 e. The second-order valence-corrected chi connectivity index (χ2v) is 4.19. The fourth-order valence-electron chi connectivity index (χ4n) is 1.95. The van der Waals surface area contributed by atoms with E-state index < -0.39 is 0 Å². The molecule has 2 atom stereocenters. The van der Waals surface area contributed by atoms with Gasteiger partial charge in [-0.2, -0.15) is 0 Å². The Hall–Kier alpha value is -0.0800. The van der Waals surface area contributed by atoms with Crippen molar-refractivity contribution in [2.75, 3.05) is 6.79 Å². The van der Waals surface area contributed by atoms with Crippen molar-refractivity contribution in [3.63, 3.8) is 0 Å². The van der Waals surface area contributed by atoms with E-state index in [0.717, 1.165) is 12.8 Å². The van der Waals surface area contributed by atoms with E-state index in [1.165, 1.54) is 32.1 Å². The molecule has 0 aromatic heterocycles. The van der Waals surface area contributed by atoms with E-state index in [4.69, 9.17) is 9.47 Å². The lowest BCUT2D eigenvalue weighted by molar-refractivity contribution is -0.177. The average Bonchev–Trinajstić information content (AvgIpc) is 2.25. The van der Waals surface area contributed by atoms with Crippen molar-refractivity contribution in [3.8, 4) is 0 Å². The van der Waals surface area contributed by atoms with Gasteiger partial charge in [-0.05, 0) is 19.3 Å². The second kappa shape index (κ2) is 7.24. The molecule has 1 rings (SSSR count). The number of rotatable bonds is 6. The Morgan fingerprint density at radius 3 is 2.50 bits per heavy atom. The fourth-order valence-corrected chi connectivity index (χ4v) is 1.95. The zero-order valence-electron chi connectivity index (χ0n) is 9.63. The molecule has 0 aliphatic carbocycles. The summed E-state index contributed by atoms with van der Waals surface area (Å²) in [4.78, 5) is 0. The molecule has 1 fully saturated rings. The first-order valence-corrected chi connectivity index (χ1v) is 6.10. The van der Waals surface area contributed by atoms with E-state index in [9.17, 15) is 0 Å². The second-order valence-electron chi connectivity index (χ2n) is 4.19. The van der Waals surface area contributed by atoms with Gasteiger partial charge in [-0.25, -0.2) is 0 Å². The van der Waals surface area contributed by atoms with E-state index in [-0.39, 0.29) is 0 Å². The summed E-state index contributed by atoms with van der Waals surface area (Å²) in [5, 5.41) is 0. The molecule has 0 spiro atoms. The number of ether oxygens (including phenoxy) is 2. The Kier molecular flexibility index (Phi) is 6.20. The van der Waals surface area contributed by atoms with Gasteiger partial charge in [-0.3, -0.25) is 0 Å². The predicted molar refractivity (Wildman–Crippen MR) is 58.3 cm³/mol. The maximum atomic E-state index is 5.57. The first-order chi connectivity index (χ1) is 6.86. The third-order valence-corrected chi connectivity index (χ3v) is 2.97. The molecule has 0 aromatic carbocycles. The Bertz CT molecular complexity index is 136. The molecule has 2 heteroatoms. The standard InChI is InChI=1S/C12H24O2/c1-3-5-6-7-8-12-9-11(4-2)13-10-14-12/h11-12H,3-10H2,1-2H3/t11-,12-/m1/s1. The SMILES string of the molecule is CCCCCC[C@@H]1C[C@@H](CC)OCO1. The van der Waals surface area contributed by atoms with Crippen molar-refractivity contribution in [2.45, 2.75) is 71.0 Å². The fraction of sp³-hybridized carbons (Fsp3) is 1.00. The van der Waals surface area contributed by atoms with Crippen LogP contribution < -0.4 is 0 Å². The Morgan fingerprint density at radius 1 is 1.00 bits per heavy atom. The highest BCUT2D eigenvalue weighted by atomic mass is 16.7. The van der Waals surface area contributed by atoms with Crippen LogP contribution in [0.4, 0.5) is 0 Å². The monoisotopic (exact) mass is 200 g/mol. The van der Waals surface area contributed by atoms with E-state index in [2.05, 4.69) is 13.8 Å². The lowest BCUT2D eigenvalue weighted by atomic mass is 10.0. The summed E-state index contributed by atoms with van der Waals surface area (Å²) in [6.45, 7) is 4.94. The summed E-state index contributed by atoms with van der Waals surface area (Å²) in [6.07, 6.45) is 9.69. The lowest BCUT2D eigenvalue weighted by Gasteiger charge is -2.29. The summed E-state index contributed by atoms with van der Waals surface area (Å²) in [6, 6.07) is 0. The van der Waals surface area contributed by atoms with Crippen molar-refractivity contribution >= 4 is 0 Å². The minimum absolute atomic E-state index is 0.444. The molecule has 0 bridgehead atoms. The molecule has 0 amide bonds. The van der Waals surface area contributed by atoms with E-state index >= 15 is 0 Å². The Labute approximate surface area is 88.0 Å². The highest BCUT2D eigenvalue weighted by Crippen LogP contribution is 2.20. The number of unbranched alkanes of at least 4 members (excludes halogenated alkanes) is 3.